The molecule has 3 nitrogen and oxygen atoms in total. The van der Waals surface area contributed by atoms with Crippen LogP contribution < -0.4 is 0 Å². The zero-order chi connectivity index (χ0) is 12.3. The molecular formula is C12H22ClNO2S. The van der Waals surface area contributed by atoms with E-state index in [1.165, 1.54) is 6.42 Å². The lowest BCUT2D eigenvalue weighted by molar-refractivity contribution is 0.265. The Morgan fingerprint density at radius 2 is 1.65 bits per heavy atom. The van der Waals surface area contributed by atoms with Crippen molar-refractivity contribution in [1.29, 1.82) is 0 Å². The number of nitrogens with zero attached hydrogens (tertiary/aromatic N) is 1. The number of halogens is 1. The molecule has 1 heterocycles. The van der Waals surface area contributed by atoms with E-state index in [9.17, 15) is 8.42 Å². The molecule has 2 fully saturated rings. The number of rotatable bonds is 3. The van der Waals surface area contributed by atoms with Gasteiger partial charge in [0.25, 0.3) is 0 Å². The van der Waals surface area contributed by atoms with Gasteiger partial charge in [-0.2, -0.15) is 4.31 Å². The molecule has 0 radical (unpaired) electrons. The summed E-state index contributed by atoms with van der Waals surface area (Å²) in [6.45, 7) is 0.677. The molecule has 0 aromatic rings. The molecule has 0 bridgehead atoms. The summed E-state index contributed by atoms with van der Waals surface area (Å²) in [6.07, 6.45) is 8.00. The Morgan fingerprint density at radius 3 is 2.29 bits per heavy atom. The van der Waals surface area contributed by atoms with Gasteiger partial charge in [0.15, 0.2) is 0 Å². The third kappa shape index (κ3) is 2.96. The number of hydrogen-bond donors (Lipinski definition) is 0. The van der Waals surface area contributed by atoms with Gasteiger partial charge in [-0.15, -0.1) is 11.6 Å². The van der Waals surface area contributed by atoms with Gasteiger partial charge in [0.05, 0.1) is 5.25 Å². The molecular weight excluding hydrogens is 258 g/mol. The Bertz CT molecular complexity index is 338. The van der Waals surface area contributed by atoms with Crippen LogP contribution in [0.15, 0.2) is 0 Å². The van der Waals surface area contributed by atoms with Gasteiger partial charge < -0.3 is 0 Å². The lowest BCUT2D eigenvalue weighted by Gasteiger charge is -2.37. The minimum atomic E-state index is -3.10. The van der Waals surface area contributed by atoms with Crippen molar-refractivity contribution in [3.05, 3.63) is 0 Å². The molecule has 0 N–H and O–H groups in total. The monoisotopic (exact) mass is 279 g/mol. The predicted molar refractivity (Wildman–Crippen MR) is 70.9 cm³/mol. The average Bonchev–Trinajstić information content (AvgIpc) is 2.39. The second kappa shape index (κ2) is 5.89. The van der Waals surface area contributed by atoms with E-state index in [4.69, 9.17) is 11.6 Å². The van der Waals surface area contributed by atoms with Crippen molar-refractivity contribution >= 4 is 21.6 Å². The second-order valence-corrected chi connectivity index (χ2v) is 7.69. The number of alkyl halides is 1. The van der Waals surface area contributed by atoms with E-state index in [2.05, 4.69) is 0 Å². The van der Waals surface area contributed by atoms with Gasteiger partial charge in [-0.1, -0.05) is 25.7 Å². The first kappa shape index (κ1) is 13.6. The highest BCUT2D eigenvalue weighted by atomic mass is 35.5. The zero-order valence-electron chi connectivity index (χ0n) is 10.3. The summed E-state index contributed by atoms with van der Waals surface area (Å²) >= 11 is 5.91. The maximum Gasteiger partial charge on any atom is 0.217 e. The fourth-order valence-electron chi connectivity index (χ4n) is 3.02. The lowest BCUT2D eigenvalue weighted by Crippen LogP contribution is -2.48. The first-order chi connectivity index (χ1) is 8.16. The first-order valence-electron chi connectivity index (χ1n) is 6.73. The molecule has 0 aromatic heterocycles. The second-order valence-electron chi connectivity index (χ2n) is 5.22. The van der Waals surface area contributed by atoms with Gasteiger partial charge in [-0.25, -0.2) is 8.42 Å². The third-order valence-corrected chi connectivity index (χ3v) is 6.86. The quantitative estimate of drug-likeness (QED) is 0.745. The summed E-state index contributed by atoms with van der Waals surface area (Å²) in [5.41, 5.74) is 0. The van der Waals surface area contributed by atoms with Crippen molar-refractivity contribution < 1.29 is 8.42 Å². The molecule has 0 aromatic carbocycles. The smallest absolute Gasteiger partial charge is 0.212 e. The summed E-state index contributed by atoms with van der Waals surface area (Å²) in [5, 5.41) is -0.139. The molecule has 1 aliphatic heterocycles. The van der Waals surface area contributed by atoms with E-state index >= 15 is 0 Å². The molecule has 1 unspecified atom stereocenters. The van der Waals surface area contributed by atoms with E-state index in [1.807, 2.05) is 0 Å². The average molecular weight is 280 g/mol. The molecule has 5 heteroatoms. The largest absolute Gasteiger partial charge is 0.217 e. The first-order valence-corrected chi connectivity index (χ1v) is 8.76. The maximum atomic E-state index is 12.6. The van der Waals surface area contributed by atoms with Crippen molar-refractivity contribution in [3.63, 3.8) is 0 Å². The molecule has 2 rings (SSSR count). The van der Waals surface area contributed by atoms with E-state index in [-0.39, 0.29) is 11.3 Å². The van der Waals surface area contributed by atoms with Crippen molar-refractivity contribution in [2.24, 2.45) is 0 Å². The minimum Gasteiger partial charge on any atom is -0.212 e. The molecule has 0 spiro atoms. The van der Waals surface area contributed by atoms with Gasteiger partial charge in [-0.05, 0) is 25.7 Å². The van der Waals surface area contributed by atoms with E-state index in [1.54, 1.807) is 4.31 Å². The Hall–Kier alpha value is 0.200. The highest BCUT2D eigenvalue weighted by Crippen LogP contribution is 2.30. The summed E-state index contributed by atoms with van der Waals surface area (Å²) in [7, 11) is -3.10. The normalized spacial score (nSPS) is 29.4. The SMILES string of the molecule is O=S(=O)(C1CCCCC1)N1CCCCC1CCl. The van der Waals surface area contributed by atoms with Crippen LogP contribution in [0.25, 0.3) is 0 Å². The fraction of sp³-hybridized carbons (Fsp3) is 1.00. The van der Waals surface area contributed by atoms with Crippen LogP contribution in [-0.4, -0.2) is 36.4 Å². The lowest BCUT2D eigenvalue weighted by atomic mass is 10.0. The summed E-state index contributed by atoms with van der Waals surface area (Å²) < 4.78 is 26.9. The van der Waals surface area contributed by atoms with Gasteiger partial charge >= 0.3 is 0 Å². The summed E-state index contributed by atoms with van der Waals surface area (Å²) in [5.74, 6) is 0.436. The Labute approximate surface area is 110 Å². The van der Waals surface area contributed by atoms with E-state index in [0.29, 0.717) is 12.4 Å². The molecule has 17 heavy (non-hydrogen) atoms. The third-order valence-electron chi connectivity index (χ3n) is 4.05. The van der Waals surface area contributed by atoms with Crippen LogP contribution in [0.5, 0.6) is 0 Å². The van der Waals surface area contributed by atoms with E-state index < -0.39 is 10.0 Å². The van der Waals surface area contributed by atoms with Crippen LogP contribution in [0.4, 0.5) is 0 Å². The van der Waals surface area contributed by atoms with Crippen LogP contribution in [0.1, 0.15) is 51.4 Å². The molecule has 100 valence electrons. The van der Waals surface area contributed by atoms with Gasteiger partial charge in [0.2, 0.25) is 10.0 Å². The van der Waals surface area contributed by atoms with Gasteiger partial charge in [-0.3, -0.25) is 0 Å². The fourth-order valence-corrected chi connectivity index (χ4v) is 5.71. The van der Waals surface area contributed by atoms with Crippen molar-refractivity contribution in [3.8, 4) is 0 Å². The molecule has 0 amide bonds. The number of piperidine rings is 1. The van der Waals surface area contributed by atoms with Crippen LogP contribution in [-0.2, 0) is 10.0 Å². The maximum absolute atomic E-state index is 12.6. The number of hydrogen-bond acceptors (Lipinski definition) is 2. The Balaban J connectivity index is 2.11. The van der Waals surface area contributed by atoms with Crippen LogP contribution in [0.2, 0.25) is 0 Å². The molecule has 1 saturated heterocycles. The van der Waals surface area contributed by atoms with Gasteiger partial charge in [0.1, 0.15) is 0 Å². The molecule has 1 saturated carbocycles. The standard InChI is InChI=1S/C12H22ClNO2S/c13-10-11-6-4-5-9-14(11)17(15,16)12-7-2-1-3-8-12/h11-12H,1-10H2. The number of sulfonamides is 1. The van der Waals surface area contributed by atoms with E-state index in [0.717, 1.165) is 44.9 Å². The minimum absolute atomic E-state index is 0.0392. The molecule has 1 atom stereocenters. The molecule has 2 aliphatic rings. The summed E-state index contributed by atoms with van der Waals surface area (Å²) in [6, 6.07) is 0.0392. The highest BCUT2D eigenvalue weighted by Gasteiger charge is 2.37. The predicted octanol–water partition coefficient (Wildman–Crippen LogP) is 2.74. The Kier molecular flexibility index (Phi) is 4.72. The zero-order valence-corrected chi connectivity index (χ0v) is 11.8. The summed E-state index contributed by atoms with van der Waals surface area (Å²) in [4.78, 5) is 0. The topological polar surface area (TPSA) is 37.4 Å². The van der Waals surface area contributed by atoms with Crippen molar-refractivity contribution in [2.45, 2.75) is 62.7 Å². The van der Waals surface area contributed by atoms with Crippen LogP contribution >= 0.6 is 11.6 Å². The molecule has 1 aliphatic carbocycles. The highest BCUT2D eigenvalue weighted by molar-refractivity contribution is 7.89. The van der Waals surface area contributed by atoms with Gasteiger partial charge in [0, 0.05) is 18.5 Å². The van der Waals surface area contributed by atoms with Crippen molar-refractivity contribution in [1.82, 2.24) is 4.31 Å². The van der Waals surface area contributed by atoms with Crippen LogP contribution in [0, 0.1) is 0 Å². The van der Waals surface area contributed by atoms with Crippen molar-refractivity contribution in [2.75, 3.05) is 12.4 Å². The Morgan fingerprint density at radius 1 is 1.00 bits per heavy atom. The van der Waals surface area contributed by atoms with Crippen LogP contribution in [0.3, 0.4) is 0 Å².